The number of carbonyl (C=O) groups is 1. The first-order chi connectivity index (χ1) is 11.8. The van der Waals surface area contributed by atoms with Crippen LogP contribution in [0, 0.1) is 0 Å². The number of aliphatic hydroxyl groups excluding tert-OH is 2. The molecule has 0 aromatic heterocycles. The van der Waals surface area contributed by atoms with Gasteiger partial charge in [-0.05, 0) is 19.8 Å². The van der Waals surface area contributed by atoms with Gasteiger partial charge in [-0.2, -0.15) is 0 Å². The quantitative estimate of drug-likeness (QED) is 0.294. The fourth-order valence-electron chi connectivity index (χ4n) is 3.21. The molecule has 0 bridgehead atoms. The van der Waals surface area contributed by atoms with E-state index >= 15 is 0 Å². The number of rotatable bonds is 17. The normalized spacial score (nSPS) is 16.4. The van der Waals surface area contributed by atoms with Crippen molar-refractivity contribution in [3.05, 3.63) is 0 Å². The van der Waals surface area contributed by atoms with Crippen LogP contribution < -0.4 is 0 Å². The van der Waals surface area contributed by atoms with Gasteiger partial charge in [-0.15, -0.1) is 0 Å². The smallest absolute Gasteiger partial charge is 0.303 e. The molecule has 0 aliphatic carbocycles. The second-order valence-corrected chi connectivity index (χ2v) is 7.40. The minimum Gasteiger partial charge on any atom is -0.481 e. The topological polar surface area (TPSA) is 98.0 Å². The van der Waals surface area contributed by atoms with Gasteiger partial charge in [-0.1, -0.05) is 77.6 Å². The number of hydrogen-bond acceptors (Lipinski definition) is 4. The van der Waals surface area contributed by atoms with E-state index < -0.39 is 23.8 Å². The molecule has 5 nitrogen and oxygen atoms in total. The second kappa shape index (κ2) is 14.5. The molecule has 0 fully saturated rings. The summed E-state index contributed by atoms with van der Waals surface area (Å²) in [5.74, 6) is -1.04. The second-order valence-electron chi connectivity index (χ2n) is 7.40. The lowest BCUT2D eigenvalue weighted by atomic mass is 9.84. The molecule has 0 heterocycles. The fraction of sp³-hybridized carbons (Fsp3) is 0.950. The summed E-state index contributed by atoms with van der Waals surface area (Å²) < 4.78 is 0. The van der Waals surface area contributed by atoms with E-state index in [1.807, 2.05) is 0 Å². The van der Waals surface area contributed by atoms with E-state index in [9.17, 15) is 20.1 Å². The molecule has 0 saturated heterocycles. The third-order valence-corrected chi connectivity index (χ3v) is 5.12. The molecule has 5 heteroatoms. The number of carboxylic acids is 1. The van der Waals surface area contributed by atoms with E-state index in [2.05, 4.69) is 6.92 Å². The highest BCUT2D eigenvalue weighted by Crippen LogP contribution is 2.26. The van der Waals surface area contributed by atoms with E-state index in [0.29, 0.717) is 6.42 Å². The minimum atomic E-state index is -1.74. The Morgan fingerprint density at radius 3 is 1.72 bits per heavy atom. The summed E-state index contributed by atoms with van der Waals surface area (Å²) >= 11 is 0. The molecule has 0 aromatic carbocycles. The molecule has 0 spiro atoms. The number of unbranched alkanes of at least 4 members (excludes halogenated alkanes) is 10. The fourth-order valence-corrected chi connectivity index (χ4v) is 3.21. The highest BCUT2D eigenvalue weighted by Gasteiger charge is 2.40. The van der Waals surface area contributed by atoms with E-state index in [4.69, 9.17) is 5.11 Å². The molecule has 3 unspecified atom stereocenters. The Kier molecular flexibility index (Phi) is 14.1. The zero-order chi connectivity index (χ0) is 19.1. The maximum Gasteiger partial charge on any atom is 0.303 e. The number of carboxylic acid groups (broad SMARTS) is 1. The Balaban J connectivity index is 3.78. The summed E-state index contributed by atoms with van der Waals surface area (Å²) in [5.41, 5.74) is -1.74. The van der Waals surface area contributed by atoms with Crippen LogP contribution in [0.1, 0.15) is 104 Å². The summed E-state index contributed by atoms with van der Waals surface area (Å²) in [5, 5.41) is 39.1. The van der Waals surface area contributed by atoms with Crippen LogP contribution in [0.15, 0.2) is 0 Å². The highest BCUT2D eigenvalue weighted by molar-refractivity contribution is 5.66. The van der Waals surface area contributed by atoms with Gasteiger partial charge in [0.2, 0.25) is 0 Å². The average molecular weight is 361 g/mol. The van der Waals surface area contributed by atoms with Crippen molar-refractivity contribution in [2.24, 2.45) is 0 Å². The molecule has 0 aliphatic rings. The Hall–Kier alpha value is -0.650. The molecule has 0 amide bonds. The first-order valence-electron chi connectivity index (χ1n) is 10.1. The summed E-state index contributed by atoms with van der Waals surface area (Å²) in [6.45, 7) is 3.62. The molecule has 0 aliphatic heterocycles. The van der Waals surface area contributed by atoms with Gasteiger partial charge in [-0.25, -0.2) is 0 Å². The summed E-state index contributed by atoms with van der Waals surface area (Å²) in [4.78, 5) is 10.7. The number of hydrogen-bond donors (Lipinski definition) is 4. The van der Waals surface area contributed by atoms with E-state index in [1.54, 1.807) is 0 Å². The minimum absolute atomic E-state index is 0.140. The molecular formula is C20H40O5. The zero-order valence-corrected chi connectivity index (χ0v) is 16.3. The van der Waals surface area contributed by atoms with Crippen molar-refractivity contribution in [2.75, 3.05) is 0 Å². The predicted molar refractivity (Wildman–Crippen MR) is 101 cm³/mol. The van der Waals surface area contributed by atoms with Crippen LogP contribution in [0.5, 0.6) is 0 Å². The van der Waals surface area contributed by atoms with Gasteiger partial charge in [0.1, 0.15) is 5.60 Å². The number of aliphatic hydroxyl groups is 3. The van der Waals surface area contributed by atoms with Crippen molar-refractivity contribution in [1.82, 2.24) is 0 Å². The van der Waals surface area contributed by atoms with Crippen LogP contribution in [0.25, 0.3) is 0 Å². The highest BCUT2D eigenvalue weighted by atomic mass is 16.4. The van der Waals surface area contributed by atoms with Crippen LogP contribution in [0.4, 0.5) is 0 Å². The lowest BCUT2D eigenvalue weighted by Crippen LogP contribution is -2.51. The summed E-state index contributed by atoms with van der Waals surface area (Å²) in [6, 6.07) is 0. The van der Waals surface area contributed by atoms with Crippen molar-refractivity contribution in [3.63, 3.8) is 0 Å². The van der Waals surface area contributed by atoms with Gasteiger partial charge in [0.25, 0.3) is 0 Å². The first kappa shape index (κ1) is 24.4. The SMILES string of the molecule is CCCCCCCCCCCCCC(O)C(O)(CCC(=O)O)C(C)O. The van der Waals surface area contributed by atoms with Crippen molar-refractivity contribution in [2.45, 2.75) is 122 Å². The molecule has 25 heavy (non-hydrogen) atoms. The Labute approximate surface area is 153 Å². The maximum atomic E-state index is 10.7. The van der Waals surface area contributed by atoms with Crippen LogP contribution in [0.2, 0.25) is 0 Å². The third-order valence-electron chi connectivity index (χ3n) is 5.12. The average Bonchev–Trinajstić information content (AvgIpc) is 2.57. The van der Waals surface area contributed by atoms with Crippen LogP contribution in [-0.2, 0) is 4.79 Å². The van der Waals surface area contributed by atoms with Crippen LogP contribution in [0.3, 0.4) is 0 Å². The van der Waals surface area contributed by atoms with Gasteiger partial charge in [0.05, 0.1) is 12.2 Å². The molecule has 150 valence electrons. The maximum absolute atomic E-state index is 10.7. The Morgan fingerprint density at radius 2 is 1.32 bits per heavy atom. The zero-order valence-electron chi connectivity index (χ0n) is 16.3. The van der Waals surface area contributed by atoms with Gasteiger partial charge in [0.15, 0.2) is 0 Å². The van der Waals surface area contributed by atoms with Crippen molar-refractivity contribution in [1.29, 1.82) is 0 Å². The van der Waals surface area contributed by atoms with Gasteiger partial charge < -0.3 is 20.4 Å². The number of aliphatic carboxylic acids is 1. The van der Waals surface area contributed by atoms with E-state index in [1.165, 1.54) is 58.3 Å². The van der Waals surface area contributed by atoms with Crippen LogP contribution in [-0.4, -0.2) is 44.2 Å². The molecule has 0 saturated carbocycles. The van der Waals surface area contributed by atoms with Crippen molar-refractivity contribution >= 4 is 5.97 Å². The molecule has 3 atom stereocenters. The van der Waals surface area contributed by atoms with E-state index in [-0.39, 0.29) is 12.8 Å². The Bertz CT molecular complexity index is 332. The third kappa shape index (κ3) is 11.6. The van der Waals surface area contributed by atoms with Crippen molar-refractivity contribution < 1.29 is 25.2 Å². The lowest BCUT2D eigenvalue weighted by molar-refractivity contribution is -0.156. The van der Waals surface area contributed by atoms with Gasteiger partial charge >= 0.3 is 5.97 Å². The lowest BCUT2D eigenvalue weighted by Gasteiger charge is -2.35. The Morgan fingerprint density at radius 1 is 0.880 bits per heavy atom. The molecule has 4 N–H and O–H groups in total. The standard InChI is InChI=1S/C20H40O5/c1-3-4-5-6-7-8-9-10-11-12-13-14-18(22)20(25,17(2)21)16-15-19(23)24/h17-18,21-22,25H,3-16H2,1-2H3,(H,23,24). The summed E-state index contributed by atoms with van der Waals surface area (Å²) in [6.07, 6.45) is 11.0. The van der Waals surface area contributed by atoms with Gasteiger partial charge in [0, 0.05) is 6.42 Å². The molecule has 0 radical (unpaired) electrons. The monoisotopic (exact) mass is 360 g/mol. The summed E-state index contributed by atoms with van der Waals surface area (Å²) in [7, 11) is 0. The molecule has 0 rings (SSSR count). The largest absolute Gasteiger partial charge is 0.481 e. The van der Waals surface area contributed by atoms with Gasteiger partial charge in [-0.3, -0.25) is 4.79 Å². The van der Waals surface area contributed by atoms with E-state index in [0.717, 1.165) is 19.3 Å². The molecule has 0 aromatic rings. The molecular weight excluding hydrogens is 320 g/mol. The first-order valence-corrected chi connectivity index (χ1v) is 10.1. The van der Waals surface area contributed by atoms with Crippen molar-refractivity contribution in [3.8, 4) is 0 Å². The van der Waals surface area contributed by atoms with Crippen LogP contribution >= 0.6 is 0 Å². The predicted octanol–water partition coefficient (Wildman–Crippen LogP) is 4.03.